The lowest BCUT2D eigenvalue weighted by Crippen LogP contribution is -2.25. The number of hydrazone groups is 1. The SMILES string of the molecule is O=C(CNc1ccc(Cl)cc1)N/N=C\c1cn(Cc2cccc3ccccc23)c2ccccc12. The van der Waals surface area contributed by atoms with Gasteiger partial charge in [0.1, 0.15) is 0 Å². The van der Waals surface area contributed by atoms with Gasteiger partial charge >= 0.3 is 0 Å². The van der Waals surface area contributed by atoms with Crippen LogP contribution in [0.15, 0.2) is 102 Å². The minimum Gasteiger partial charge on any atom is -0.376 e. The highest BCUT2D eigenvalue weighted by Gasteiger charge is 2.09. The Bertz CT molecular complexity index is 1480. The maximum absolute atomic E-state index is 12.2. The van der Waals surface area contributed by atoms with Gasteiger partial charge in [0.2, 0.25) is 0 Å². The van der Waals surface area contributed by atoms with Crippen LogP contribution in [0.2, 0.25) is 5.02 Å². The Kier molecular flexibility index (Phi) is 6.27. The van der Waals surface area contributed by atoms with E-state index in [9.17, 15) is 4.79 Å². The minimum absolute atomic E-state index is 0.113. The van der Waals surface area contributed by atoms with Gasteiger partial charge in [0.05, 0.1) is 12.8 Å². The molecule has 5 nitrogen and oxygen atoms in total. The van der Waals surface area contributed by atoms with Gasteiger partial charge in [0.25, 0.3) is 5.91 Å². The molecule has 6 heteroatoms. The first-order valence-electron chi connectivity index (χ1n) is 11.0. The Labute approximate surface area is 202 Å². The van der Waals surface area contributed by atoms with Gasteiger partial charge in [0, 0.05) is 39.9 Å². The third kappa shape index (κ3) is 4.80. The summed E-state index contributed by atoms with van der Waals surface area (Å²) in [6.45, 7) is 0.856. The third-order valence-electron chi connectivity index (χ3n) is 5.73. The van der Waals surface area contributed by atoms with Crippen LogP contribution in [0.1, 0.15) is 11.1 Å². The second-order valence-electron chi connectivity index (χ2n) is 8.02. The summed E-state index contributed by atoms with van der Waals surface area (Å²) in [6, 6.07) is 30.2. The number of carbonyl (C=O) groups excluding carboxylic acids is 1. The molecule has 2 N–H and O–H groups in total. The maximum Gasteiger partial charge on any atom is 0.259 e. The van der Waals surface area contributed by atoms with Crippen molar-refractivity contribution in [2.75, 3.05) is 11.9 Å². The highest BCUT2D eigenvalue weighted by molar-refractivity contribution is 6.30. The monoisotopic (exact) mass is 466 g/mol. The van der Waals surface area contributed by atoms with Crippen LogP contribution in [0.3, 0.4) is 0 Å². The van der Waals surface area contributed by atoms with Crippen LogP contribution in [-0.2, 0) is 11.3 Å². The number of amides is 1. The summed E-state index contributed by atoms with van der Waals surface area (Å²) in [5, 5.41) is 11.5. The molecule has 0 unspecified atom stereocenters. The molecule has 0 bridgehead atoms. The number of anilines is 1. The highest BCUT2D eigenvalue weighted by atomic mass is 35.5. The van der Waals surface area contributed by atoms with Crippen molar-refractivity contribution >= 4 is 51.1 Å². The molecule has 0 spiro atoms. The Morgan fingerprint density at radius 1 is 0.882 bits per heavy atom. The van der Waals surface area contributed by atoms with Crippen LogP contribution in [0.4, 0.5) is 5.69 Å². The van der Waals surface area contributed by atoms with E-state index in [1.807, 2.05) is 24.3 Å². The van der Waals surface area contributed by atoms with Crippen LogP contribution in [-0.4, -0.2) is 23.2 Å². The molecule has 5 aromatic rings. The maximum atomic E-state index is 12.2. The van der Waals surface area contributed by atoms with Crippen molar-refractivity contribution in [3.8, 4) is 0 Å². The number of para-hydroxylation sites is 1. The molecule has 168 valence electrons. The lowest BCUT2D eigenvalue weighted by Gasteiger charge is -2.09. The zero-order chi connectivity index (χ0) is 23.3. The minimum atomic E-state index is -0.231. The molecular weight excluding hydrogens is 444 g/mol. The second kappa shape index (κ2) is 9.81. The summed E-state index contributed by atoms with van der Waals surface area (Å²) < 4.78 is 2.22. The molecule has 0 aliphatic rings. The molecule has 0 saturated carbocycles. The Balaban J connectivity index is 1.31. The quantitative estimate of drug-likeness (QED) is 0.226. The molecule has 1 heterocycles. The summed E-state index contributed by atoms with van der Waals surface area (Å²) in [6.07, 6.45) is 3.77. The van der Waals surface area contributed by atoms with Crippen molar-refractivity contribution in [3.05, 3.63) is 113 Å². The third-order valence-corrected chi connectivity index (χ3v) is 5.98. The number of aromatic nitrogens is 1. The zero-order valence-corrected chi connectivity index (χ0v) is 19.2. The standard InChI is InChI=1S/C28H23ClN4O/c29-23-12-14-24(15-13-23)30-17-28(34)32-31-16-22-19-33(27-11-4-3-10-26(22)27)18-21-8-5-7-20-6-1-2-9-25(20)21/h1-16,19,30H,17-18H2,(H,32,34)/b31-16-. The van der Waals surface area contributed by atoms with Crippen molar-refractivity contribution in [1.29, 1.82) is 0 Å². The highest BCUT2D eigenvalue weighted by Crippen LogP contribution is 2.24. The fraction of sp³-hybridized carbons (Fsp3) is 0.0714. The number of nitrogens with one attached hydrogen (secondary N) is 2. The number of hydrogen-bond acceptors (Lipinski definition) is 3. The molecule has 4 aromatic carbocycles. The number of halogens is 1. The first-order chi connectivity index (χ1) is 16.7. The normalized spacial score (nSPS) is 11.3. The van der Waals surface area contributed by atoms with Gasteiger partial charge in [-0.2, -0.15) is 5.10 Å². The van der Waals surface area contributed by atoms with Crippen molar-refractivity contribution in [2.45, 2.75) is 6.54 Å². The molecule has 0 radical (unpaired) electrons. The molecule has 5 rings (SSSR count). The van der Waals surface area contributed by atoms with Crippen LogP contribution in [0, 0.1) is 0 Å². The van der Waals surface area contributed by atoms with E-state index in [2.05, 4.69) is 81.2 Å². The van der Waals surface area contributed by atoms with E-state index in [-0.39, 0.29) is 12.5 Å². The lowest BCUT2D eigenvalue weighted by atomic mass is 10.0. The first kappa shape index (κ1) is 21.7. The largest absolute Gasteiger partial charge is 0.376 e. The molecular formula is C28H23ClN4O. The first-order valence-corrected chi connectivity index (χ1v) is 11.4. The van der Waals surface area contributed by atoms with E-state index in [4.69, 9.17) is 11.6 Å². The second-order valence-corrected chi connectivity index (χ2v) is 8.46. The Hall–Kier alpha value is -4.09. The van der Waals surface area contributed by atoms with E-state index < -0.39 is 0 Å². The summed E-state index contributed by atoms with van der Waals surface area (Å²) in [5.41, 5.74) is 6.73. The Morgan fingerprint density at radius 3 is 2.47 bits per heavy atom. The lowest BCUT2D eigenvalue weighted by molar-refractivity contribution is -0.119. The van der Waals surface area contributed by atoms with E-state index in [0.29, 0.717) is 5.02 Å². The number of fused-ring (bicyclic) bond motifs is 2. The number of nitrogens with zero attached hydrogens (tertiary/aromatic N) is 2. The van der Waals surface area contributed by atoms with Gasteiger partial charge in [-0.15, -0.1) is 0 Å². The topological polar surface area (TPSA) is 58.4 Å². The molecule has 1 amide bonds. The predicted octanol–water partition coefficient (Wildman–Crippen LogP) is 6.06. The van der Waals surface area contributed by atoms with Crippen LogP contribution < -0.4 is 10.7 Å². The van der Waals surface area contributed by atoms with Gasteiger partial charge in [-0.3, -0.25) is 4.79 Å². The van der Waals surface area contributed by atoms with Crippen LogP contribution >= 0.6 is 11.6 Å². The molecule has 0 fully saturated rings. The molecule has 1 aromatic heterocycles. The zero-order valence-electron chi connectivity index (χ0n) is 18.4. The fourth-order valence-corrected chi connectivity index (χ4v) is 4.21. The van der Waals surface area contributed by atoms with Gasteiger partial charge in [0.15, 0.2) is 0 Å². The van der Waals surface area contributed by atoms with E-state index in [0.717, 1.165) is 28.7 Å². The van der Waals surface area contributed by atoms with E-state index >= 15 is 0 Å². The number of carbonyl (C=O) groups is 1. The number of benzene rings is 4. The van der Waals surface area contributed by atoms with Gasteiger partial charge in [-0.25, -0.2) is 5.43 Å². The van der Waals surface area contributed by atoms with Gasteiger partial charge in [-0.1, -0.05) is 72.3 Å². The van der Waals surface area contributed by atoms with Crippen molar-refractivity contribution in [1.82, 2.24) is 9.99 Å². The average Bonchev–Trinajstić information content (AvgIpc) is 3.21. The van der Waals surface area contributed by atoms with Crippen molar-refractivity contribution < 1.29 is 4.79 Å². The smallest absolute Gasteiger partial charge is 0.259 e. The van der Waals surface area contributed by atoms with Gasteiger partial charge in [-0.05, 0) is 46.7 Å². The fourth-order valence-electron chi connectivity index (χ4n) is 4.09. The Morgan fingerprint density at radius 2 is 1.62 bits per heavy atom. The van der Waals surface area contributed by atoms with Crippen LogP contribution in [0.5, 0.6) is 0 Å². The average molecular weight is 467 g/mol. The summed E-state index contributed by atoms with van der Waals surface area (Å²) in [7, 11) is 0. The summed E-state index contributed by atoms with van der Waals surface area (Å²) >= 11 is 5.89. The van der Waals surface area contributed by atoms with Crippen molar-refractivity contribution in [3.63, 3.8) is 0 Å². The van der Waals surface area contributed by atoms with E-state index in [1.54, 1.807) is 18.3 Å². The van der Waals surface area contributed by atoms with Crippen molar-refractivity contribution in [2.24, 2.45) is 5.10 Å². The molecule has 0 aliphatic carbocycles. The molecule has 0 saturated heterocycles. The van der Waals surface area contributed by atoms with Gasteiger partial charge < -0.3 is 9.88 Å². The summed E-state index contributed by atoms with van der Waals surface area (Å²) in [5.74, 6) is -0.231. The summed E-state index contributed by atoms with van der Waals surface area (Å²) in [4.78, 5) is 12.2. The van der Waals surface area contributed by atoms with E-state index in [1.165, 1.54) is 16.3 Å². The van der Waals surface area contributed by atoms with Crippen LogP contribution in [0.25, 0.3) is 21.7 Å². The molecule has 0 aliphatic heterocycles. The predicted molar refractivity (Wildman–Crippen MR) is 141 cm³/mol. The number of rotatable bonds is 7. The number of hydrogen-bond donors (Lipinski definition) is 2. The molecule has 0 atom stereocenters. The molecule has 34 heavy (non-hydrogen) atoms.